The number of carbonyl (C=O) groups excluding carboxylic acids is 1. The van der Waals surface area contributed by atoms with Crippen LogP contribution in [0.5, 0.6) is 0 Å². The van der Waals surface area contributed by atoms with Gasteiger partial charge in [0.15, 0.2) is 5.41 Å². The average Bonchev–Trinajstić information content (AvgIpc) is 1.84. The molecule has 0 aromatic heterocycles. The fourth-order valence-corrected chi connectivity index (χ4v) is 0.540. The number of carbonyl (C=O) groups is 1. The van der Waals surface area contributed by atoms with E-state index < -0.39 is 9.76 Å². The minimum Gasteiger partial charge on any atom is -0.425 e. The highest BCUT2D eigenvalue weighted by Crippen LogP contribution is 1.89. The van der Waals surface area contributed by atoms with E-state index in [-0.39, 0.29) is 5.41 Å². The molecule has 3 heteroatoms. The van der Waals surface area contributed by atoms with E-state index in [1.54, 1.807) is 19.9 Å². The molecule has 0 rings (SSSR count). The summed E-state index contributed by atoms with van der Waals surface area (Å²) in [6.45, 7) is 3.46. The first-order valence-corrected chi connectivity index (χ1v) is 3.24. The van der Waals surface area contributed by atoms with Gasteiger partial charge in [0, 0.05) is 0 Å². The molecule has 8 heavy (non-hydrogen) atoms. The summed E-state index contributed by atoms with van der Waals surface area (Å²) in [7, 11) is -0.588. The van der Waals surface area contributed by atoms with Crippen molar-refractivity contribution in [2.24, 2.45) is 0 Å². The van der Waals surface area contributed by atoms with Crippen molar-refractivity contribution in [1.29, 1.82) is 0 Å². The van der Waals surface area contributed by atoms with Gasteiger partial charge in [0.2, 0.25) is 0 Å². The third kappa shape index (κ3) is 2.04. The first-order chi connectivity index (χ1) is 3.72. The zero-order valence-electron chi connectivity index (χ0n) is 4.93. The quantitative estimate of drug-likeness (QED) is 0.423. The van der Waals surface area contributed by atoms with E-state index in [4.69, 9.17) is 4.80 Å². The van der Waals surface area contributed by atoms with Crippen molar-refractivity contribution in [2.75, 3.05) is 0 Å². The zero-order chi connectivity index (χ0) is 6.57. The van der Waals surface area contributed by atoms with Gasteiger partial charge in [-0.25, -0.2) is 0 Å². The zero-order valence-corrected chi connectivity index (χ0v) is 5.93. The van der Waals surface area contributed by atoms with Gasteiger partial charge < -0.3 is 4.80 Å². The van der Waals surface area contributed by atoms with Gasteiger partial charge in [0.05, 0.1) is 0 Å². The predicted octanol–water partition coefficient (Wildman–Crippen LogP) is 0.0907. The van der Waals surface area contributed by atoms with Crippen LogP contribution in [0.25, 0.3) is 0 Å². The lowest BCUT2D eigenvalue weighted by Crippen LogP contribution is -2.08. The Bertz CT molecular complexity index is 118. The van der Waals surface area contributed by atoms with Crippen LogP contribution in [0.4, 0.5) is 0 Å². The van der Waals surface area contributed by atoms with Crippen LogP contribution < -0.4 is 0 Å². The Hall–Kier alpha value is -0.413. The van der Waals surface area contributed by atoms with Gasteiger partial charge in [0.25, 0.3) is 0 Å². The molecule has 1 N–H and O–H groups in total. The average molecular weight is 128 g/mol. The molecule has 2 nitrogen and oxygen atoms in total. The lowest BCUT2D eigenvalue weighted by molar-refractivity contribution is -0.109. The largest absolute Gasteiger partial charge is 0.425 e. The van der Waals surface area contributed by atoms with Gasteiger partial charge in [-0.2, -0.15) is 0 Å². The molecule has 0 aromatic rings. The topological polar surface area (TPSA) is 37.3 Å². The van der Waals surface area contributed by atoms with E-state index in [9.17, 15) is 4.79 Å². The van der Waals surface area contributed by atoms with Crippen LogP contribution in [0, 0.1) is 0 Å². The molecule has 44 valence electrons. The van der Waals surface area contributed by atoms with Crippen LogP contribution in [-0.4, -0.2) is 20.0 Å². The van der Waals surface area contributed by atoms with E-state index >= 15 is 0 Å². The molecule has 2 radical (unpaired) electrons. The van der Waals surface area contributed by atoms with Gasteiger partial charge in [0.1, 0.15) is 0 Å². The van der Waals surface area contributed by atoms with Gasteiger partial charge in [-0.3, -0.25) is 4.79 Å². The Balaban J connectivity index is 3.83. The van der Waals surface area contributed by atoms with Gasteiger partial charge in [-0.15, -0.1) is 0 Å². The second-order valence-corrected chi connectivity index (χ2v) is 2.09. The summed E-state index contributed by atoms with van der Waals surface area (Å²) in [5.74, 6) is 0. The molecule has 0 saturated heterocycles. The van der Waals surface area contributed by atoms with Crippen molar-refractivity contribution in [1.82, 2.24) is 0 Å². The highest BCUT2D eigenvalue weighted by Gasteiger charge is 2.00. The first-order valence-electron chi connectivity index (χ1n) is 2.29. The smallest absolute Gasteiger partial charge is 0.319 e. The lowest BCUT2D eigenvalue weighted by Gasteiger charge is -1.88. The summed E-state index contributed by atoms with van der Waals surface area (Å²) >= 11 is 0. The molecule has 0 amide bonds. The molecule has 0 spiro atoms. The SMILES string of the molecule is C/C=C(\C)C(=O)[Si]O. The van der Waals surface area contributed by atoms with Crippen molar-refractivity contribution in [3.63, 3.8) is 0 Å². The Kier molecular flexibility index (Phi) is 3.39. The summed E-state index contributed by atoms with van der Waals surface area (Å²) < 4.78 is 0. The molecular weight excluding hydrogens is 120 g/mol. The second-order valence-electron chi connectivity index (χ2n) is 1.41. The minimum absolute atomic E-state index is 0.174. The Morgan fingerprint density at radius 2 is 2.25 bits per heavy atom. The van der Waals surface area contributed by atoms with Crippen LogP contribution >= 0.6 is 0 Å². The van der Waals surface area contributed by atoms with Crippen LogP contribution in [0.3, 0.4) is 0 Å². The standard InChI is InChI=1S/C5H8O2Si/c1-3-4(2)5(6)8-7/h3,7H,1-2H3/b4-3+. The molecular formula is C5H8O2Si. The van der Waals surface area contributed by atoms with Crippen molar-refractivity contribution in [3.8, 4) is 0 Å². The third-order valence-corrected chi connectivity index (χ3v) is 1.49. The number of hydrogen-bond acceptors (Lipinski definition) is 2. The fraction of sp³-hybridized carbons (Fsp3) is 0.400. The monoisotopic (exact) mass is 128 g/mol. The lowest BCUT2D eigenvalue weighted by atomic mass is 10.3. The summed E-state index contributed by atoms with van der Waals surface area (Å²) in [6.07, 6.45) is 1.69. The van der Waals surface area contributed by atoms with Gasteiger partial charge >= 0.3 is 9.76 Å². The highest BCUT2D eigenvalue weighted by atomic mass is 28.2. The van der Waals surface area contributed by atoms with Crippen LogP contribution in [0.15, 0.2) is 11.6 Å². The summed E-state index contributed by atoms with van der Waals surface area (Å²) in [4.78, 5) is 18.7. The Labute approximate surface area is 51.2 Å². The molecule has 0 heterocycles. The maximum absolute atomic E-state index is 10.4. The fourth-order valence-electron chi connectivity index (χ4n) is 0.219. The molecule has 0 aliphatic heterocycles. The van der Waals surface area contributed by atoms with Crippen LogP contribution in [-0.2, 0) is 4.79 Å². The minimum atomic E-state index is -0.588. The molecule has 0 bridgehead atoms. The van der Waals surface area contributed by atoms with Crippen molar-refractivity contribution in [3.05, 3.63) is 11.6 Å². The maximum atomic E-state index is 10.4. The Morgan fingerprint density at radius 3 is 2.38 bits per heavy atom. The molecule has 0 aromatic carbocycles. The number of allylic oxidation sites excluding steroid dienone is 2. The second kappa shape index (κ2) is 3.57. The van der Waals surface area contributed by atoms with Gasteiger partial charge in [-0.1, -0.05) is 6.08 Å². The molecule has 0 aliphatic rings. The van der Waals surface area contributed by atoms with E-state index in [0.717, 1.165) is 0 Å². The molecule has 0 fully saturated rings. The van der Waals surface area contributed by atoms with E-state index in [0.29, 0.717) is 5.57 Å². The summed E-state index contributed by atoms with van der Waals surface area (Å²) in [5.41, 5.74) is 0.630. The van der Waals surface area contributed by atoms with Crippen molar-refractivity contribution < 1.29 is 9.59 Å². The maximum Gasteiger partial charge on any atom is 0.319 e. The first kappa shape index (κ1) is 7.59. The molecule has 0 atom stereocenters. The Morgan fingerprint density at radius 1 is 1.75 bits per heavy atom. The normalized spacial score (nSPS) is 11.6. The third-order valence-electron chi connectivity index (χ3n) is 0.893. The van der Waals surface area contributed by atoms with Crippen LogP contribution in [0.2, 0.25) is 0 Å². The van der Waals surface area contributed by atoms with E-state index in [2.05, 4.69) is 0 Å². The molecule has 0 unspecified atom stereocenters. The number of hydrogen-bond donors (Lipinski definition) is 1. The van der Waals surface area contributed by atoms with Crippen molar-refractivity contribution >= 4 is 15.2 Å². The summed E-state index contributed by atoms with van der Waals surface area (Å²) in [5, 5.41) is -0.174. The van der Waals surface area contributed by atoms with Gasteiger partial charge in [-0.05, 0) is 19.4 Å². The molecule has 0 aliphatic carbocycles. The number of rotatable bonds is 2. The van der Waals surface area contributed by atoms with E-state index in [1.807, 2.05) is 0 Å². The van der Waals surface area contributed by atoms with Crippen LogP contribution in [0.1, 0.15) is 13.8 Å². The predicted molar refractivity (Wildman–Crippen MR) is 32.4 cm³/mol. The molecule has 0 saturated carbocycles. The van der Waals surface area contributed by atoms with E-state index in [1.165, 1.54) is 0 Å². The highest BCUT2D eigenvalue weighted by molar-refractivity contribution is 6.71. The van der Waals surface area contributed by atoms with Crippen molar-refractivity contribution in [2.45, 2.75) is 13.8 Å². The summed E-state index contributed by atoms with van der Waals surface area (Å²) in [6, 6.07) is 0.